The molecule has 0 spiro atoms. The highest BCUT2D eigenvalue weighted by Gasteiger charge is 2.41. The Morgan fingerprint density at radius 1 is 1.03 bits per heavy atom. The van der Waals surface area contributed by atoms with Gasteiger partial charge in [-0.1, -0.05) is 42.0 Å². The fraction of sp³-hybridized carbons (Fsp3) is 0.440. The molecule has 5 heteroatoms. The van der Waals surface area contributed by atoms with E-state index in [2.05, 4.69) is 11.4 Å². The number of hydrogen-bond acceptors (Lipinski definition) is 2. The zero-order valence-corrected chi connectivity index (χ0v) is 17.7. The molecule has 2 aromatic carbocycles. The van der Waals surface area contributed by atoms with E-state index in [4.69, 9.17) is 0 Å². The van der Waals surface area contributed by atoms with Crippen molar-refractivity contribution in [1.29, 1.82) is 0 Å². The molecule has 1 aliphatic heterocycles. The molecule has 0 aromatic heterocycles. The number of carbonyl (C=O) groups excluding carboxylic acids is 2. The summed E-state index contributed by atoms with van der Waals surface area (Å²) < 4.78 is 13.7. The Bertz CT molecular complexity index is 954. The highest BCUT2D eigenvalue weighted by Crippen LogP contribution is 2.39. The lowest BCUT2D eigenvalue weighted by Gasteiger charge is -2.40. The first-order valence-corrected chi connectivity index (χ1v) is 10.8. The fourth-order valence-corrected chi connectivity index (χ4v) is 4.37. The summed E-state index contributed by atoms with van der Waals surface area (Å²) in [7, 11) is 0. The van der Waals surface area contributed by atoms with Crippen LogP contribution in [0.5, 0.6) is 0 Å². The maximum atomic E-state index is 13.7. The van der Waals surface area contributed by atoms with Gasteiger partial charge in [0.15, 0.2) is 0 Å². The number of carbonyl (C=O) groups is 2. The Morgan fingerprint density at radius 3 is 2.50 bits per heavy atom. The molecule has 30 heavy (non-hydrogen) atoms. The van der Waals surface area contributed by atoms with Gasteiger partial charge in [0, 0.05) is 19.0 Å². The summed E-state index contributed by atoms with van der Waals surface area (Å²) in [6, 6.07) is 13.1. The Kier molecular flexibility index (Phi) is 5.89. The molecule has 1 aliphatic carbocycles. The first kappa shape index (κ1) is 20.6. The maximum Gasteiger partial charge on any atom is 0.226 e. The van der Waals surface area contributed by atoms with Crippen molar-refractivity contribution in [2.45, 2.75) is 52.1 Å². The molecule has 1 saturated carbocycles. The summed E-state index contributed by atoms with van der Waals surface area (Å²) in [4.78, 5) is 27.7. The maximum absolute atomic E-state index is 13.7. The monoisotopic (exact) mass is 408 g/mol. The van der Waals surface area contributed by atoms with Crippen LogP contribution in [-0.2, 0) is 16.1 Å². The average Bonchev–Trinajstić information content (AvgIpc) is 3.58. The number of aryl methyl sites for hydroxylation is 2. The van der Waals surface area contributed by atoms with Crippen LogP contribution in [0.3, 0.4) is 0 Å². The number of likely N-dealkylation sites (tertiary alicyclic amines) is 1. The summed E-state index contributed by atoms with van der Waals surface area (Å²) in [5, 5.41) is 3.04. The summed E-state index contributed by atoms with van der Waals surface area (Å²) >= 11 is 0. The molecule has 2 amide bonds. The van der Waals surface area contributed by atoms with Crippen LogP contribution in [0.4, 0.5) is 4.39 Å². The SMILES string of the molecule is Cc1cccc(CNC(=O)C2CCC(c3ccc(F)c(C)c3)N(C(=O)C3CC3)C2)c1. The minimum atomic E-state index is -0.233. The van der Waals surface area contributed by atoms with Gasteiger partial charge >= 0.3 is 0 Å². The Balaban J connectivity index is 1.46. The van der Waals surface area contributed by atoms with Gasteiger partial charge in [-0.15, -0.1) is 0 Å². The van der Waals surface area contributed by atoms with Crippen molar-refractivity contribution < 1.29 is 14.0 Å². The molecule has 2 aliphatic rings. The predicted octanol–water partition coefficient (Wildman–Crippen LogP) is 4.45. The average molecular weight is 409 g/mol. The van der Waals surface area contributed by atoms with E-state index >= 15 is 0 Å². The van der Waals surface area contributed by atoms with Gasteiger partial charge < -0.3 is 10.2 Å². The lowest BCUT2D eigenvalue weighted by Crippen LogP contribution is -2.47. The summed E-state index contributed by atoms with van der Waals surface area (Å²) in [5.41, 5.74) is 3.79. The lowest BCUT2D eigenvalue weighted by atomic mass is 9.87. The van der Waals surface area contributed by atoms with Crippen molar-refractivity contribution >= 4 is 11.8 Å². The molecule has 0 radical (unpaired) electrons. The molecule has 1 heterocycles. The summed E-state index contributed by atoms with van der Waals surface area (Å²) in [6.07, 6.45) is 3.28. The van der Waals surface area contributed by atoms with Gasteiger partial charge in [-0.25, -0.2) is 4.39 Å². The first-order valence-electron chi connectivity index (χ1n) is 10.8. The summed E-state index contributed by atoms with van der Waals surface area (Å²) in [5.74, 6) is -0.224. The van der Waals surface area contributed by atoms with Crippen LogP contribution in [0.15, 0.2) is 42.5 Å². The van der Waals surface area contributed by atoms with E-state index in [-0.39, 0.29) is 35.5 Å². The highest BCUT2D eigenvalue weighted by atomic mass is 19.1. The topological polar surface area (TPSA) is 49.4 Å². The van der Waals surface area contributed by atoms with Crippen LogP contribution >= 0.6 is 0 Å². The van der Waals surface area contributed by atoms with Gasteiger partial charge in [0.1, 0.15) is 5.82 Å². The molecule has 1 N–H and O–H groups in total. The second-order valence-corrected chi connectivity index (χ2v) is 8.77. The third-order valence-electron chi connectivity index (χ3n) is 6.28. The number of hydrogen-bond donors (Lipinski definition) is 1. The number of nitrogens with zero attached hydrogens (tertiary/aromatic N) is 1. The van der Waals surface area contributed by atoms with Crippen molar-refractivity contribution in [2.24, 2.45) is 11.8 Å². The zero-order valence-electron chi connectivity index (χ0n) is 17.7. The largest absolute Gasteiger partial charge is 0.352 e. The molecule has 2 atom stereocenters. The number of rotatable bonds is 5. The van der Waals surface area contributed by atoms with E-state index in [1.807, 2.05) is 36.1 Å². The molecular formula is C25H29FN2O2. The van der Waals surface area contributed by atoms with E-state index in [1.54, 1.807) is 13.0 Å². The molecule has 4 nitrogen and oxygen atoms in total. The van der Waals surface area contributed by atoms with Gasteiger partial charge in [-0.3, -0.25) is 9.59 Å². The van der Waals surface area contributed by atoms with Gasteiger partial charge in [-0.05, 0) is 62.3 Å². The fourth-order valence-electron chi connectivity index (χ4n) is 4.37. The minimum Gasteiger partial charge on any atom is -0.352 e. The van der Waals surface area contributed by atoms with E-state index < -0.39 is 0 Å². The molecular weight excluding hydrogens is 379 g/mol. The number of benzene rings is 2. The molecule has 4 rings (SSSR count). The lowest BCUT2D eigenvalue weighted by molar-refractivity contribution is -0.140. The van der Waals surface area contributed by atoms with E-state index in [0.29, 0.717) is 25.1 Å². The van der Waals surface area contributed by atoms with E-state index in [9.17, 15) is 14.0 Å². The first-order chi connectivity index (χ1) is 14.4. The van der Waals surface area contributed by atoms with Crippen LogP contribution < -0.4 is 5.32 Å². The second-order valence-electron chi connectivity index (χ2n) is 8.77. The second kappa shape index (κ2) is 8.58. The smallest absolute Gasteiger partial charge is 0.226 e. The van der Waals surface area contributed by atoms with E-state index in [0.717, 1.165) is 36.0 Å². The summed E-state index contributed by atoms with van der Waals surface area (Å²) in [6.45, 7) is 4.70. The van der Waals surface area contributed by atoms with E-state index in [1.165, 1.54) is 6.07 Å². The Hall–Kier alpha value is -2.69. The van der Waals surface area contributed by atoms with Crippen LogP contribution in [0.1, 0.15) is 54.0 Å². The van der Waals surface area contributed by atoms with Crippen LogP contribution in [0.25, 0.3) is 0 Å². The molecule has 2 aromatic rings. The Morgan fingerprint density at radius 2 is 1.80 bits per heavy atom. The van der Waals surface area contributed by atoms with Crippen LogP contribution in [0, 0.1) is 31.5 Å². The standard InChI is InChI=1S/C25H29FN2O2/c1-16-4-3-5-18(12-16)14-27-24(29)21-9-11-23(20-8-10-22(26)17(2)13-20)28(15-21)25(30)19-6-7-19/h3-5,8,10,12-13,19,21,23H,6-7,9,11,14-15H2,1-2H3,(H,27,29). The number of piperidine rings is 1. The van der Waals surface area contributed by atoms with Crippen LogP contribution in [-0.4, -0.2) is 23.3 Å². The van der Waals surface area contributed by atoms with Crippen molar-refractivity contribution in [3.8, 4) is 0 Å². The Labute approximate surface area is 177 Å². The third-order valence-corrected chi connectivity index (χ3v) is 6.28. The molecule has 1 saturated heterocycles. The van der Waals surface area contributed by atoms with Crippen molar-refractivity contribution in [3.63, 3.8) is 0 Å². The predicted molar refractivity (Wildman–Crippen MR) is 114 cm³/mol. The minimum absolute atomic E-state index is 0.00107. The number of halogens is 1. The van der Waals surface area contributed by atoms with Gasteiger partial charge in [0.2, 0.25) is 11.8 Å². The third kappa shape index (κ3) is 4.55. The quantitative estimate of drug-likeness (QED) is 0.795. The number of amides is 2. The zero-order chi connectivity index (χ0) is 21.3. The van der Waals surface area contributed by atoms with Crippen molar-refractivity contribution in [1.82, 2.24) is 10.2 Å². The van der Waals surface area contributed by atoms with Gasteiger partial charge in [0.05, 0.1) is 12.0 Å². The normalized spacial score (nSPS) is 21.4. The molecule has 2 fully saturated rings. The highest BCUT2D eigenvalue weighted by molar-refractivity contribution is 5.84. The van der Waals surface area contributed by atoms with Gasteiger partial charge in [0.25, 0.3) is 0 Å². The van der Waals surface area contributed by atoms with Crippen LogP contribution in [0.2, 0.25) is 0 Å². The van der Waals surface area contributed by atoms with Crippen molar-refractivity contribution in [3.05, 3.63) is 70.5 Å². The molecule has 158 valence electrons. The molecule has 0 bridgehead atoms. The van der Waals surface area contributed by atoms with Crippen molar-refractivity contribution in [2.75, 3.05) is 6.54 Å². The molecule has 2 unspecified atom stereocenters. The number of nitrogens with one attached hydrogen (secondary N) is 1. The van der Waals surface area contributed by atoms with Gasteiger partial charge in [-0.2, -0.15) is 0 Å².